The fourth-order valence-electron chi connectivity index (χ4n) is 4.33. The number of likely N-dealkylation sites (tertiary alicyclic amines) is 1. The Hall–Kier alpha value is -2.87. The minimum atomic E-state index is -0.341. The zero-order valence-corrected chi connectivity index (χ0v) is 17.2. The number of hydrogen-bond donors (Lipinski definition) is 0. The Morgan fingerprint density at radius 3 is 2.33 bits per heavy atom. The van der Waals surface area contributed by atoms with Gasteiger partial charge in [0, 0.05) is 32.2 Å². The Labute approximate surface area is 176 Å². The highest BCUT2D eigenvalue weighted by Gasteiger charge is 2.45. The van der Waals surface area contributed by atoms with E-state index in [1.165, 1.54) is 4.90 Å². The molecule has 1 aromatic rings. The van der Waals surface area contributed by atoms with Gasteiger partial charge < -0.3 is 19.3 Å². The molecule has 0 saturated carbocycles. The van der Waals surface area contributed by atoms with Gasteiger partial charge in [0.2, 0.25) is 0 Å². The van der Waals surface area contributed by atoms with Gasteiger partial charge in [0.1, 0.15) is 5.70 Å². The predicted octanol–water partition coefficient (Wildman–Crippen LogP) is 1.72. The molecule has 0 bridgehead atoms. The fraction of sp³-hybridized carbons (Fsp3) is 0.500. The minimum absolute atomic E-state index is 0.229. The molecule has 1 aromatic carbocycles. The third-order valence-corrected chi connectivity index (χ3v) is 5.84. The molecule has 8 heteroatoms. The summed E-state index contributed by atoms with van der Waals surface area (Å²) in [6.07, 6.45) is 0.760. The number of hydrogen-bond acceptors (Lipinski definition) is 6. The van der Waals surface area contributed by atoms with Crippen LogP contribution in [0.1, 0.15) is 25.3 Å². The lowest BCUT2D eigenvalue weighted by molar-refractivity contribution is -0.141. The number of carbonyl (C=O) groups excluding carboxylic acids is 3. The highest BCUT2D eigenvalue weighted by Crippen LogP contribution is 2.35. The average Bonchev–Trinajstić information content (AvgIpc) is 3.05. The predicted molar refractivity (Wildman–Crippen MR) is 109 cm³/mol. The summed E-state index contributed by atoms with van der Waals surface area (Å²) in [6.45, 7) is 5.27. The summed E-state index contributed by atoms with van der Waals surface area (Å²) in [7, 11) is 0. The van der Waals surface area contributed by atoms with E-state index in [2.05, 4.69) is 0 Å². The lowest BCUT2D eigenvalue weighted by atomic mass is 10.0. The standard InChI is InChI=1S/C22H27N3O5/c1-2-30-22(28)24-10-8-17(9-11-24)25-20(26)18(16-6-4-3-5-7-16)19(21(25)27)23-12-14-29-15-13-23/h3-7,17H,2,8-15H2,1H3. The molecule has 0 aromatic heterocycles. The van der Waals surface area contributed by atoms with E-state index in [4.69, 9.17) is 9.47 Å². The molecule has 4 rings (SSSR count). The summed E-state index contributed by atoms with van der Waals surface area (Å²) in [4.78, 5) is 43.9. The first kappa shape index (κ1) is 20.4. The zero-order valence-electron chi connectivity index (χ0n) is 17.2. The molecule has 3 aliphatic rings. The van der Waals surface area contributed by atoms with Gasteiger partial charge in [-0.2, -0.15) is 0 Å². The van der Waals surface area contributed by atoms with Crippen molar-refractivity contribution in [3.63, 3.8) is 0 Å². The first-order valence-corrected chi connectivity index (χ1v) is 10.5. The summed E-state index contributed by atoms with van der Waals surface area (Å²) >= 11 is 0. The van der Waals surface area contributed by atoms with Gasteiger partial charge in [-0.05, 0) is 25.3 Å². The van der Waals surface area contributed by atoms with Crippen LogP contribution in [0.5, 0.6) is 0 Å². The molecule has 0 aliphatic carbocycles. The topological polar surface area (TPSA) is 79.4 Å². The van der Waals surface area contributed by atoms with Gasteiger partial charge in [0.25, 0.3) is 11.8 Å². The molecule has 8 nitrogen and oxygen atoms in total. The first-order valence-electron chi connectivity index (χ1n) is 10.5. The highest BCUT2D eigenvalue weighted by atomic mass is 16.6. The van der Waals surface area contributed by atoms with Crippen LogP contribution in [0.25, 0.3) is 5.57 Å². The molecule has 0 spiro atoms. The second-order valence-corrected chi connectivity index (χ2v) is 7.59. The van der Waals surface area contributed by atoms with Crippen LogP contribution in [0.2, 0.25) is 0 Å². The molecule has 30 heavy (non-hydrogen) atoms. The summed E-state index contributed by atoms with van der Waals surface area (Å²) in [5, 5.41) is 0. The zero-order chi connectivity index (χ0) is 21.1. The van der Waals surface area contributed by atoms with Crippen LogP contribution < -0.4 is 0 Å². The second kappa shape index (κ2) is 8.87. The molecule has 0 radical (unpaired) electrons. The number of carbonyl (C=O) groups is 3. The highest BCUT2D eigenvalue weighted by molar-refractivity contribution is 6.35. The molecule has 2 saturated heterocycles. The molecule has 3 aliphatic heterocycles. The molecule has 0 atom stereocenters. The lowest BCUT2D eigenvalue weighted by Crippen LogP contribution is -2.50. The lowest BCUT2D eigenvalue weighted by Gasteiger charge is -2.36. The molecule has 3 heterocycles. The Morgan fingerprint density at radius 2 is 1.70 bits per heavy atom. The van der Waals surface area contributed by atoms with Crippen molar-refractivity contribution in [2.45, 2.75) is 25.8 Å². The minimum Gasteiger partial charge on any atom is -0.450 e. The number of ether oxygens (including phenoxy) is 2. The maximum absolute atomic E-state index is 13.5. The SMILES string of the molecule is CCOC(=O)N1CCC(N2C(=O)C(c3ccccc3)=C(N3CCOCC3)C2=O)CC1. The van der Waals surface area contributed by atoms with Crippen molar-refractivity contribution in [2.75, 3.05) is 46.0 Å². The van der Waals surface area contributed by atoms with Gasteiger partial charge in [0.05, 0.1) is 25.4 Å². The van der Waals surface area contributed by atoms with E-state index in [1.807, 2.05) is 35.2 Å². The molecular weight excluding hydrogens is 386 g/mol. The Balaban J connectivity index is 1.58. The normalized spacial score (nSPS) is 20.9. The van der Waals surface area contributed by atoms with Crippen molar-refractivity contribution in [3.05, 3.63) is 41.6 Å². The van der Waals surface area contributed by atoms with E-state index in [0.717, 1.165) is 5.56 Å². The van der Waals surface area contributed by atoms with Crippen LogP contribution in [0.15, 0.2) is 36.0 Å². The van der Waals surface area contributed by atoms with E-state index in [-0.39, 0.29) is 23.9 Å². The third kappa shape index (κ3) is 3.79. The van der Waals surface area contributed by atoms with Crippen LogP contribution in [-0.2, 0) is 19.1 Å². The monoisotopic (exact) mass is 413 g/mol. The van der Waals surface area contributed by atoms with Gasteiger partial charge in [-0.25, -0.2) is 4.79 Å². The van der Waals surface area contributed by atoms with E-state index in [9.17, 15) is 14.4 Å². The van der Waals surface area contributed by atoms with Crippen LogP contribution >= 0.6 is 0 Å². The molecule has 0 N–H and O–H groups in total. The van der Waals surface area contributed by atoms with Gasteiger partial charge in [-0.3, -0.25) is 14.5 Å². The van der Waals surface area contributed by atoms with E-state index in [1.54, 1.807) is 11.8 Å². The molecule has 3 amide bonds. The Kier molecular flexibility index (Phi) is 6.03. The summed E-state index contributed by atoms with van der Waals surface area (Å²) in [5.41, 5.74) is 1.70. The molecule has 160 valence electrons. The smallest absolute Gasteiger partial charge is 0.409 e. The average molecular weight is 413 g/mol. The van der Waals surface area contributed by atoms with Crippen LogP contribution in [0.4, 0.5) is 4.79 Å². The molecule has 0 unspecified atom stereocenters. The second-order valence-electron chi connectivity index (χ2n) is 7.59. The third-order valence-electron chi connectivity index (χ3n) is 5.84. The van der Waals surface area contributed by atoms with Gasteiger partial charge >= 0.3 is 6.09 Å². The van der Waals surface area contributed by atoms with Crippen molar-refractivity contribution in [2.24, 2.45) is 0 Å². The number of amides is 3. The number of benzene rings is 1. The van der Waals surface area contributed by atoms with E-state index < -0.39 is 0 Å². The summed E-state index contributed by atoms with van der Waals surface area (Å²) < 4.78 is 10.5. The first-order chi connectivity index (χ1) is 14.6. The van der Waals surface area contributed by atoms with Crippen LogP contribution in [-0.4, -0.2) is 84.6 Å². The van der Waals surface area contributed by atoms with E-state index in [0.29, 0.717) is 70.1 Å². The number of piperidine rings is 1. The van der Waals surface area contributed by atoms with Crippen LogP contribution in [0, 0.1) is 0 Å². The quantitative estimate of drug-likeness (QED) is 0.700. The fourth-order valence-corrected chi connectivity index (χ4v) is 4.33. The molecule has 2 fully saturated rings. The Bertz CT molecular complexity index is 840. The van der Waals surface area contributed by atoms with Crippen molar-refractivity contribution in [1.82, 2.24) is 14.7 Å². The Morgan fingerprint density at radius 1 is 1.03 bits per heavy atom. The maximum Gasteiger partial charge on any atom is 0.409 e. The van der Waals surface area contributed by atoms with Crippen molar-refractivity contribution >= 4 is 23.5 Å². The number of imide groups is 1. The number of nitrogens with zero attached hydrogens (tertiary/aromatic N) is 3. The largest absolute Gasteiger partial charge is 0.450 e. The van der Waals surface area contributed by atoms with Gasteiger partial charge in [0.15, 0.2) is 0 Å². The van der Waals surface area contributed by atoms with Crippen LogP contribution in [0.3, 0.4) is 0 Å². The van der Waals surface area contributed by atoms with Crippen molar-refractivity contribution in [3.8, 4) is 0 Å². The summed E-state index contributed by atoms with van der Waals surface area (Å²) in [5.74, 6) is -0.488. The van der Waals surface area contributed by atoms with Gasteiger partial charge in [-0.15, -0.1) is 0 Å². The van der Waals surface area contributed by atoms with Crippen molar-refractivity contribution < 1.29 is 23.9 Å². The summed E-state index contributed by atoms with van der Waals surface area (Å²) in [6, 6.07) is 9.15. The maximum atomic E-state index is 13.5. The van der Waals surface area contributed by atoms with Gasteiger partial charge in [-0.1, -0.05) is 30.3 Å². The van der Waals surface area contributed by atoms with Crippen molar-refractivity contribution in [1.29, 1.82) is 0 Å². The van der Waals surface area contributed by atoms with E-state index >= 15 is 0 Å². The molecular formula is C22H27N3O5. The number of rotatable bonds is 4. The number of morpholine rings is 1.